The lowest BCUT2D eigenvalue weighted by molar-refractivity contribution is -0.158. The van der Waals surface area contributed by atoms with Crippen LogP contribution >= 0.6 is 11.8 Å². The van der Waals surface area contributed by atoms with Crippen LogP contribution in [0.3, 0.4) is 0 Å². The van der Waals surface area contributed by atoms with Gasteiger partial charge in [-0.3, -0.25) is 38.4 Å². The van der Waals surface area contributed by atoms with Gasteiger partial charge in [0.15, 0.2) is 11.6 Å². The number of urea groups is 1. The zero-order valence-electron chi connectivity index (χ0n) is 74.9. The highest BCUT2D eigenvalue weighted by atomic mass is 32.2. The topological polar surface area (TPSA) is 332 Å². The molecule has 6 aromatic rings. The van der Waals surface area contributed by atoms with Crippen molar-refractivity contribution in [3.8, 4) is 5.75 Å². The van der Waals surface area contributed by atoms with E-state index in [-0.39, 0.29) is 81.8 Å². The van der Waals surface area contributed by atoms with Gasteiger partial charge in [0.05, 0.1) is 35.8 Å². The number of amides is 6. The van der Waals surface area contributed by atoms with Crippen molar-refractivity contribution in [3.05, 3.63) is 209 Å². The Morgan fingerprint density at radius 3 is 1.41 bits per heavy atom. The molecule has 0 radical (unpaired) electrons. The monoisotopic (exact) mass is 1710 g/mol. The molecule has 123 heavy (non-hydrogen) atoms. The van der Waals surface area contributed by atoms with Crippen molar-refractivity contribution in [2.24, 2.45) is 17.3 Å². The predicted molar refractivity (Wildman–Crippen MR) is 477 cm³/mol. The number of carbonyl (C=O) groups is 12. The molecule has 0 spiro atoms. The fraction of sp³-hybridized carbons (Fsp3) is 0.510. The summed E-state index contributed by atoms with van der Waals surface area (Å²) < 4.78 is 33.3. The van der Waals surface area contributed by atoms with Gasteiger partial charge in [0.25, 0.3) is 0 Å². The van der Waals surface area contributed by atoms with Gasteiger partial charge in [-0.1, -0.05) is 204 Å². The Hall–Kier alpha value is -10.7. The first-order chi connectivity index (χ1) is 58.0. The first-order valence-electron chi connectivity index (χ1n) is 42.9. The van der Waals surface area contributed by atoms with Crippen LogP contribution in [0.1, 0.15) is 240 Å². The Balaban J connectivity index is 1.16. The first-order valence-corrected chi connectivity index (χ1v) is 43.9. The quantitative estimate of drug-likeness (QED) is 0.00894. The van der Waals surface area contributed by atoms with Gasteiger partial charge < -0.3 is 60.3 Å². The molecule has 0 saturated heterocycles. The van der Waals surface area contributed by atoms with Crippen molar-refractivity contribution in [2.45, 2.75) is 284 Å². The number of ether oxygens (including phenoxy) is 6. The van der Waals surface area contributed by atoms with Crippen LogP contribution in [0.2, 0.25) is 0 Å². The first kappa shape index (κ1) is 101. The molecule has 668 valence electrons. The Morgan fingerprint density at radius 1 is 0.390 bits per heavy atom. The Kier molecular flexibility index (Phi) is 40.3. The number of hydrogen-bond donors (Lipinski definition) is 6. The number of nitrogens with one attached hydrogen (secondary N) is 6. The number of Topliss-reactive ketones (excluding diaryl/α,β-unsaturated/α-hetero) is 3. The molecule has 25 heteroatoms. The largest absolute Gasteiger partial charge is 0.494 e. The molecule has 0 fully saturated rings. The summed E-state index contributed by atoms with van der Waals surface area (Å²) in [6, 6.07) is 48.0. The van der Waals surface area contributed by atoms with E-state index in [1.165, 1.54) is 11.8 Å². The van der Waals surface area contributed by atoms with E-state index < -0.39 is 153 Å². The van der Waals surface area contributed by atoms with Gasteiger partial charge in [0.1, 0.15) is 52.6 Å². The lowest BCUT2D eigenvalue weighted by Gasteiger charge is -2.36. The number of ketones is 3. The normalized spacial score (nSPS) is 13.6. The van der Waals surface area contributed by atoms with E-state index in [1.807, 2.05) is 155 Å². The summed E-state index contributed by atoms with van der Waals surface area (Å²) in [6.07, 6.45) is 0.551. The number of esters is 4. The second-order valence-electron chi connectivity index (χ2n) is 36.2. The average molecular weight is 1710 g/mol. The van der Waals surface area contributed by atoms with Crippen LogP contribution in [-0.2, 0) is 95.8 Å². The van der Waals surface area contributed by atoms with E-state index in [4.69, 9.17) is 28.4 Å². The number of carbonyl (C=O) groups excluding carboxylic acids is 12. The predicted octanol–water partition coefficient (Wildman–Crippen LogP) is 16.2. The SMILES string of the molecule is CCOc1ccc(COC(=O)[C@H](CSC(c2ccccc2)(c2ccccc2)c2ccccc2)NC(=O)[C@H](CC(=O)OC(C)(C)C)CC(=O)[C@H](CCC(=O)[C@H](Cc2ccccc2)NC(=O)[C@@H](CC(=O)CCCCCCCNC(=O)CC[C@H](NC(=O)N[C@@H](CCC(=O)OC(C)(C)C)C(C)(C)C)C(=O)OC(C)(C)C)Cc2ccccc2)NC(=O)OC(C)(C)C)cc1. The van der Waals surface area contributed by atoms with Crippen LogP contribution in [0.4, 0.5) is 9.59 Å². The van der Waals surface area contributed by atoms with Crippen LogP contribution in [0.5, 0.6) is 5.75 Å². The van der Waals surface area contributed by atoms with Gasteiger partial charge in [-0.25, -0.2) is 19.2 Å². The van der Waals surface area contributed by atoms with Crippen LogP contribution in [-0.4, -0.2) is 143 Å². The molecule has 0 aliphatic rings. The van der Waals surface area contributed by atoms with Gasteiger partial charge in [-0.05, 0) is 186 Å². The summed E-state index contributed by atoms with van der Waals surface area (Å²) in [4.78, 5) is 170. The number of alkyl carbamates (subject to hydrolysis) is 1. The number of thioether (sulfide) groups is 1. The zero-order valence-corrected chi connectivity index (χ0v) is 75.7. The smallest absolute Gasteiger partial charge is 0.408 e. The molecule has 6 aromatic carbocycles. The number of unbranched alkanes of at least 4 members (excludes halogenated alkanes) is 4. The second kappa shape index (κ2) is 49.0. The highest BCUT2D eigenvalue weighted by Gasteiger charge is 2.42. The minimum absolute atomic E-state index is 0.00889. The van der Waals surface area contributed by atoms with E-state index in [0.717, 1.165) is 35.1 Å². The van der Waals surface area contributed by atoms with Crippen molar-refractivity contribution >= 4 is 82.8 Å². The standard InChI is InChI=1S/C98H132N6O18S/c1-17-117-76-51-49-69(50-52-76)65-118-89(113)80(66-123-98(72-42-30-23-31-43-72,73-44-32-24-33-45-73)74-46-34-25-35-47-74)101-88(112)71(64-86(110)120-95(8,9)10)63-82(107)77(103-92(116)122-97(14,15)16)53-55-81(106)79(61-68-40-28-22-29-41-68)100-87(111)70(60-67-38-26-21-27-39-67)62-75(105)48-36-19-18-20-37-59-99-84(108)57-54-78(90(114)121-96(11,12)13)102-91(115)104-83(93(2,3)4)56-58-85(109)119-94(5,6)7/h21-35,38-47,49-52,70-71,77-80,83H,17-20,36-37,48,53-66H2,1-16H3,(H,99,108)(H,100,111)(H,101,112)(H,103,116)(H2,102,104,115)/t70-,71+,77+,78+,79+,80+,83+/m1/s1. The third-order valence-corrected chi connectivity index (χ3v) is 21.5. The van der Waals surface area contributed by atoms with Crippen molar-refractivity contribution in [1.29, 1.82) is 0 Å². The van der Waals surface area contributed by atoms with E-state index in [1.54, 1.807) is 132 Å². The van der Waals surface area contributed by atoms with Gasteiger partial charge in [0.2, 0.25) is 17.7 Å². The molecule has 7 atom stereocenters. The summed E-state index contributed by atoms with van der Waals surface area (Å²) in [6.45, 7) is 28.5. The van der Waals surface area contributed by atoms with Crippen molar-refractivity contribution < 1.29 is 86.0 Å². The molecule has 6 amide bonds. The van der Waals surface area contributed by atoms with Crippen molar-refractivity contribution in [3.63, 3.8) is 0 Å². The molecule has 6 N–H and O–H groups in total. The van der Waals surface area contributed by atoms with Crippen LogP contribution in [0.15, 0.2) is 176 Å². The molecular formula is C98H132N6O18S. The molecule has 0 heterocycles. The highest BCUT2D eigenvalue weighted by molar-refractivity contribution is 8.00. The minimum Gasteiger partial charge on any atom is -0.494 e. The van der Waals surface area contributed by atoms with E-state index >= 15 is 14.4 Å². The van der Waals surface area contributed by atoms with Crippen molar-refractivity contribution in [1.82, 2.24) is 31.9 Å². The summed E-state index contributed by atoms with van der Waals surface area (Å²) in [5.74, 6) is -7.93. The third kappa shape index (κ3) is 37.9. The Morgan fingerprint density at radius 2 is 0.878 bits per heavy atom. The number of benzene rings is 6. The number of rotatable bonds is 48. The molecular weight excluding hydrogens is 1580 g/mol. The fourth-order valence-electron chi connectivity index (χ4n) is 13.8. The van der Waals surface area contributed by atoms with E-state index in [9.17, 15) is 43.2 Å². The minimum atomic E-state index is -1.54. The molecule has 6 rings (SSSR count). The zero-order chi connectivity index (χ0) is 90.6. The maximum Gasteiger partial charge on any atom is 0.408 e. The fourth-order valence-corrected chi connectivity index (χ4v) is 15.4. The molecule has 0 aromatic heterocycles. The van der Waals surface area contributed by atoms with E-state index in [0.29, 0.717) is 49.3 Å². The summed E-state index contributed by atoms with van der Waals surface area (Å²) in [5.41, 5.74) is 0.585. The highest BCUT2D eigenvalue weighted by Crippen LogP contribution is 2.49. The van der Waals surface area contributed by atoms with Gasteiger partial charge in [-0.15, -0.1) is 11.8 Å². The lowest BCUT2D eigenvalue weighted by atomic mass is 9.84. The summed E-state index contributed by atoms with van der Waals surface area (Å²) >= 11 is 1.38. The van der Waals surface area contributed by atoms with Crippen molar-refractivity contribution in [2.75, 3.05) is 18.9 Å². The summed E-state index contributed by atoms with van der Waals surface area (Å²) in [7, 11) is 0. The summed E-state index contributed by atoms with van der Waals surface area (Å²) in [5, 5.41) is 17.1. The molecule has 0 saturated carbocycles. The van der Waals surface area contributed by atoms with Gasteiger partial charge in [0, 0.05) is 62.8 Å². The van der Waals surface area contributed by atoms with E-state index in [2.05, 4.69) is 31.9 Å². The van der Waals surface area contributed by atoms with Crippen LogP contribution in [0.25, 0.3) is 0 Å². The molecule has 0 aliphatic carbocycles. The van der Waals surface area contributed by atoms with Gasteiger partial charge >= 0.3 is 36.0 Å². The molecule has 0 aliphatic heterocycles. The number of hydrogen-bond acceptors (Lipinski definition) is 19. The Bertz CT molecular complexity index is 4270. The molecule has 0 bridgehead atoms. The van der Waals surface area contributed by atoms with Gasteiger partial charge in [-0.2, -0.15) is 0 Å². The Labute approximate surface area is 731 Å². The maximum atomic E-state index is 15.4. The van der Waals surface area contributed by atoms with Crippen LogP contribution < -0.4 is 36.6 Å². The molecule has 0 unspecified atom stereocenters. The van der Waals surface area contributed by atoms with Crippen LogP contribution in [0, 0.1) is 17.3 Å². The average Bonchev–Trinajstić information content (AvgIpc) is 0.755. The lowest BCUT2D eigenvalue weighted by Crippen LogP contribution is -2.53. The maximum absolute atomic E-state index is 15.4. The third-order valence-electron chi connectivity index (χ3n) is 19.8. The second-order valence-corrected chi connectivity index (χ2v) is 37.5. The molecule has 24 nitrogen and oxygen atoms in total.